The fraction of sp³-hybridized carbons (Fsp3) is 0.357. The molecule has 0 aliphatic heterocycles. The molecule has 2 nitrogen and oxygen atoms in total. The Kier molecular flexibility index (Phi) is 1.92. The monoisotopic (exact) mass is 244 g/mol. The first-order valence-electron chi connectivity index (χ1n) is 6.18. The first-order chi connectivity index (χ1) is 8.34. The Bertz CT molecular complexity index is 639. The minimum absolute atomic E-state index is 0.645. The summed E-state index contributed by atoms with van der Waals surface area (Å²) in [5.74, 6) is 0.645. The molecule has 3 heteroatoms. The quantitative estimate of drug-likeness (QED) is 0.749. The number of benzene rings is 1. The van der Waals surface area contributed by atoms with E-state index in [-0.39, 0.29) is 0 Å². The van der Waals surface area contributed by atoms with E-state index in [4.69, 9.17) is 11.6 Å². The van der Waals surface area contributed by atoms with Crippen molar-refractivity contribution in [1.82, 2.24) is 10.2 Å². The molecule has 0 saturated carbocycles. The second-order valence-corrected chi connectivity index (χ2v) is 5.49. The van der Waals surface area contributed by atoms with E-state index in [1.54, 1.807) is 0 Å². The molecule has 0 amide bonds. The highest BCUT2D eigenvalue weighted by molar-refractivity contribution is 6.33. The van der Waals surface area contributed by atoms with Crippen LogP contribution in [-0.4, -0.2) is 10.2 Å². The van der Waals surface area contributed by atoms with Gasteiger partial charge in [0, 0.05) is 10.4 Å². The molecule has 2 aliphatic carbocycles. The molecule has 1 aromatic carbocycles. The van der Waals surface area contributed by atoms with E-state index in [0.717, 1.165) is 23.4 Å². The molecule has 0 fully saturated rings. The number of aromatic amines is 1. The Morgan fingerprint density at radius 3 is 3.24 bits per heavy atom. The molecule has 0 spiro atoms. The molecule has 2 aliphatic rings. The van der Waals surface area contributed by atoms with Crippen LogP contribution in [-0.2, 0) is 6.42 Å². The predicted octanol–water partition coefficient (Wildman–Crippen LogP) is 3.87. The van der Waals surface area contributed by atoms with E-state index in [1.807, 2.05) is 6.20 Å². The molecule has 17 heavy (non-hydrogen) atoms. The Morgan fingerprint density at radius 1 is 1.35 bits per heavy atom. The van der Waals surface area contributed by atoms with Crippen LogP contribution < -0.4 is 0 Å². The summed E-state index contributed by atoms with van der Waals surface area (Å²) in [4.78, 5) is 0. The number of halogens is 1. The van der Waals surface area contributed by atoms with Gasteiger partial charge in [-0.25, -0.2) is 0 Å². The van der Waals surface area contributed by atoms with E-state index in [1.165, 1.54) is 34.9 Å². The first-order valence-corrected chi connectivity index (χ1v) is 6.56. The molecular formula is C14H13ClN2. The zero-order valence-corrected chi connectivity index (χ0v) is 10.2. The van der Waals surface area contributed by atoms with Crippen LogP contribution in [0.15, 0.2) is 23.4 Å². The fourth-order valence-corrected chi connectivity index (χ4v) is 3.76. The van der Waals surface area contributed by atoms with Crippen molar-refractivity contribution in [3.8, 4) is 0 Å². The van der Waals surface area contributed by atoms with Crippen molar-refractivity contribution < 1.29 is 0 Å². The molecule has 86 valence electrons. The number of hydrogen-bond acceptors (Lipinski definition) is 1. The summed E-state index contributed by atoms with van der Waals surface area (Å²) in [7, 11) is 0. The number of H-pyrrole nitrogens is 1. The van der Waals surface area contributed by atoms with E-state index < -0.39 is 0 Å². The van der Waals surface area contributed by atoms with Gasteiger partial charge in [-0.2, -0.15) is 5.10 Å². The van der Waals surface area contributed by atoms with Gasteiger partial charge in [0.2, 0.25) is 0 Å². The summed E-state index contributed by atoms with van der Waals surface area (Å²) in [6.07, 6.45) is 6.64. The van der Waals surface area contributed by atoms with E-state index in [2.05, 4.69) is 22.3 Å². The van der Waals surface area contributed by atoms with Crippen LogP contribution in [0.5, 0.6) is 0 Å². The molecular weight excluding hydrogens is 232 g/mol. The van der Waals surface area contributed by atoms with Crippen molar-refractivity contribution in [2.45, 2.75) is 25.7 Å². The zero-order valence-electron chi connectivity index (χ0n) is 9.46. The molecule has 0 saturated heterocycles. The smallest absolute Gasteiger partial charge is 0.0653 e. The minimum atomic E-state index is 0.645. The average Bonchev–Trinajstić information content (AvgIpc) is 2.91. The number of nitrogens with zero attached hydrogens (tertiary/aromatic N) is 1. The number of hydrogen-bond donors (Lipinski definition) is 1. The third-order valence-corrected chi connectivity index (χ3v) is 4.52. The van der Waals surface area contributed by atoms with E-state index in [0.29, 0.717) is 5.92 Å². The fourth-order valence-electron chi connectivity index (χ4n) is 3.37. The Labute approximate surface area is 105 Å². The van der Waals surface area contributed by atoms with Gasteiger partial charge in [-0.05, 0) is 54.4 Å². The van der Waals surface area contributed by atoms with Gasteiger partial charge in [-0.1, -0.05) is 17.7 Å². The van der Waals surface area contributed by atoms with Gasteiger partial charge in [0.25, 0.3) is 0 Å². The molecule has 1 N–H and O–H groups in total. The maximum atomic E-state index is 6.43. The van der Waals surface area contributed by atoms with E-state index in [9.17, 15) is 0 Å². The summed E-state index contributed by atoms with van der Waals surface area (Å²) in [5.41, 5.74) is 5.36. The number of rotatable bonds is 0. The maximum Gasteiger partial charge on any atom is 0.0653 e. The Balaban J connectivity index is 2.03. The van der Waals surface area contributed by atoms with Crippen molar-refractivity contribution in [3.05, 3.63) is 34.5 Å². The molecule has 2 aromatic rings. The topological polar surface area (TPSA) is 28.7 Å². The summed E-state index contributed by atoms with van der Waals surface area (Å²) in [5, 5.41) is 9.54. The third kappa shape index (κ3) is 1.25. The largest absolute Gasteiger partial charge is 0.278 e. The van der Waals surface area contributed by atoms with Gasteiger partial charge in [-0.15, -0.1) is 0 Å². The van der Waals surface area contributed by atoms with Gasteiger partial charge in [0.05, 0.1) is 11.7 Å². The molecule has 1 heterocycles. The Morgan fingerprint density at radius 2 is 2.29 bits per heavy atom. The highest BCUT2D eigenvalue weighted by Gasteiger charge is 2.32. The van der Waals surface area contributed by atoms with Crippen LogP contribution in [0, 0.1) is 5.92 Å². The van der Waals surface area contributed by atoms with Gasteiger partial charge in [-0.3, -0.25) is 5.10 Å². The van der Waals surface area contributed by atoms with Crippen LogP contribution >= 0.6 is 11.6 Å². The van der Waals surface area contributed by atoms with Crippen LogP contribution in [0.2, 0.25) is 0 Å². The number of allylic oxidation sites excluding steroid dienone is 2. The van der Waals surface area contributed by atoms with Gasteiger partial charge in [0.15, 0.2) is 0 Å². The highest BCUT2D eigenvalue weighted by atomic mass is 35.5. The van der Waals surface area contributed by atoms with Crippen molar-refractivity contribution in [2.24, 2.45) is 5.92 Å². The van der Waals surface area contributed by atoms with Gasteiger partial charge in [0.1, 0.15) is 0 Å². The molecule has 1 aromatic heterocycles. The van der Waals surface area contributed by atoms with Crippen molar-refractivity contribution in [3.63, 3.8) is 0 Å². The van der Waals surface area contributed by atoms with Crippen molar-refractivity contribution in [2.75, 3.05) is 0 Å². The summed E-state index contributed by atoms with van der Waals surface area (Å²) >= 11 is 6.43. The zero-order chi connectivity index (χ0) is 11.4. The number of nitrogens with one attached hydrogen (secondary N) is 1. The lowest BCUT2D eigenvalue weighted by atomic mass is 9.88. The van der Waals surface area contributed by atoms with Gasteiger partial charge >= 0.3 is 0 Å². The molecule has 0 bridgehead atoms. The van der Waals surface area contributed by atoms with Crippen molar-refractivity contribution >= 4 is 28.1 Å². The standard InChI is InChI=1S/C14H13ClN2/c15-12-3-1-2-8-6-10-9(14(8)12)4-5-13-11(10)7-16-17-13/h4-5,7-8H,1-3,6H2,(H,16,17). The van der Waals surface area contributed by atoms with Crippen LogP contribution in [0.3, 0.4) is 0 Å². The second kappa shape index (κ2) is 3.36. The summed E-state index contributed by atoms with van der Waals surface area (Å²) in [6, 6.07) is 4.33. The molecule has 1 unspecified atom stereocenters. The predicted molar refractivity (Wildman–Crippen MR) is 69.9 cm³/mol. The lowest BCUT2D eigenvalue weighted by molar-refractivity contribution is 0.570. The van der Waals surface area contributed by atoms with Gasteiger partial charge < -0.3 is 0 Å². The normalized spacial score (nSPS) is 23.0. The second-order valence-electron chi connectivity index (χ2n) is 5.03. The van der Waals surface area contributed by atoms with E-state index >= 15 is 0 Å². The highest BCUT2D eigenvalue weighted by Crippen LogP contribution is 2.48. The number of fused-ring (bicyclic) bond motifs is 5. The van der Waals surface area contributed by atoms with Crippen LogP contribution in [0.4, 0.5) is 0 Å². The SMILES string of the molecule is ClC1=C2c3ccc4[nH]ncc4c3CC2CCC1. The molecule has 0 radical (unpaired) electrons. The third-order valence-electron chi connectivity index (χ3n) is 4.13. The molecule has 1 atom stereocenters. The lowest BCUT2D eigenvalue weighted by Crippen LogP contribution is -2.05. The Hall–Kier alpha value is -1.28. The van der Waals surface area contributed by atoms with Crippen LogP contribution in [0.1, 0.15) is 30.4 Å². The number of aromatic nitrogens is 2. The van der Waals surface area contributed by atoms with Crippen molar-refractivity contribution in [1.29, 1.82) is 0 Å². The maximum absolute atomic E-state index is 6.43. The molecule has 4 rings (SSSR count). The van der Waals surface area contributed by atoms with Crippen LogP contribution in [0.25, 0.3) is 16.5 Å². The first kappa shape index (κ1) is 9.72. The summed E-state index contributed by atoms with van der Waals surface area (Å²) < 4.78 is 0. The average molecular weight is 245 g/mol. The minimum Gasteiger partial charge on any atom is -0.278 e. The lowest BCUT2D eigenvalue weighted by Gasteiger charge is -2.19. The summed E-state index contributed by atoms with van der Waals surface area (Å²) in [6.45, 7) is 0.